The number of aromatic nitrogens is 3. The summed E-state index contributed by atoms with van der Waals surface area (Å²) in [5.74, 6) is 0. The third kappa shape index (κ3) is 3.03. The van der Waals surface area contributed by atoms with E-state index in [9.17, 15) is 4.79 Å². The number of pyridine rings is 1. The Morgan fingerprint density at radius 2 is 2.00 bits per heavy atom. The SMILES string of the molecule is CCn1nc(C)c(Br)c1Cn1cc(Br)cc(Br)c1=O. The summed E-state index contributed by atoms with van der Waals surface area (Å²) in [5.41, 5.74) is 1.86. The minimum absolute atomic E-state index is 0.0587. The highest BCUT2D eigenvalue weighted by Gasteiger charge is 2.14. The van der Waals surface area contributed by atoms with Gasteiger partial charge in [-0.1, -0.05) is 0 Å². The highest BCUT2D eigenvalue weighted by atomic mass is 79.9. The van der Waals surface area contributed by atoms with Crippen LogP contribution in [0.25, 0.3) is 0 Å². The first-order valence-electron chi connectivity index (χ1n) is 5.71. The molecule has 0 bridgehead atoms. The van der Waals surface area contributed by atoms with E-state index in [4.69, 9.17) is 0 Å². The average molecular weight is 454 g/mol. The minimum Gasteiger partial charge on any atom is -0.307 e. The molecule has 102 valence electrons. The van der Waals surface area contributed by atoms with E-state index >= 15 is 0 Å². The predicted molar refractivity (Wildman–Crippen MR) is 85.5 cm³/mol. The van der Waals surface area contributed by atoms with Crippen LogP contribution in [-0.2, 0) is 13.1 Å². The summed E-state index contributed by atoms with van der Waals surface area (Å²) in [6.45, 7) is 5.22. The van der Waals surface area contributed by atoms with Gasteiger partial charge in [-0.3, -0.25) is 9.48 Å². The monoisotopic (exact) mass is 451 g/mol. The van der Waals surface area contributed by atoms with E-state index in [1.807, 2.05) is 18.5 Å². The van der Waals surface area contributed by atoms with Crippen molar-refractivity contribution in [2.24, 2.45) is 0 Å². The number of hydrogen-bond acceptors (Lipinski definition) is 2. The molecule has 0 aromatic carbocycles. The molecule has 0 amide bonds. The van der Waals surface area contributed by atoms with Crippen molar-refractivity contribution in [3.05, 3.63) is 47.4 Å². The van der Waals surface area contributed by atoms with Crippen molar-refractivity contribution in [3.63, 3.8) is 0 Å². The fourth-order valence-corrected chi connectivity index (χ4v) is 3.53. The zero-order valence-electron chi connectivity index (χ0n) is 10.5. The Morgan fingerprint density at radius 3 is 2.63 bits per heavy atom. The van der Waals surface area contributed by atoms with Gasteiger partial charge < -0.3 is 4.57 Å². The first kappa shape index (κ1) is 15.0. The molecule has 0 atom stereocenters. The van der Waals surface area contributed by atoms with Gasteiger partial charge in [0.2, 0.25) is 0 Å². The molecule has 0 aliphatic carbocycles. The molecule has 2 rings (SSSR count). The van der Waals surface area contributed by atoms with Gasteiger partial charge in [0.25, 0.3) is 5.56 Å². The Labute approximate surface area is 136 Å². The molecule has 2 aromatic heterocycles. The molecule has 0 radical (unpaired) electrons. The molecular weight excluding hydrogens is 442 g/mol. The van der Waals surface area contributed by atoms with E-state index in [1.165, 1.54) is 0 Å². The van der Waals surface area contributed by atoms with Crippen molar-refractivity contribution in [1.82, 2.24) is 14.3 Å². The van der Waals surface area contributed by atoms with Crippen LogP contribution in [0.3, 0.4) is 0 Å². The van der Waals surface area contributed by atoms with E-state index in [-0.39, 0.29) is 5.56 Å². The van der Waals surface area contributed by atoms with E-state index in [0.29, 0.717) is 11.0 Å². The summed E-state index contributed by atoms with van der Waals surface area (Å²) in [5, 5.41) is 4.43. The first-order chi connectivity index (χ1) is 8.93. The molecule has 0 N–H and O–H groups in total. The van der Waals surface area contributed by atoms with Crippen LogP contribution in [0.1, 0.15) is 18.3 Å². The lowest BCUT2D eigenvalue weighted by atomic mass is 10.3. The van der Waals surface area contributed by atoms with Crippen molar-refractivity contribution in [2.45, 2.75) is 26.9 Å². The summed E-state index contributed by atoms with van der Waals surface area (Å²) < 4.78 is 5.91. The molecule has 0 aliphatic rings. The lowest BCUT2D eigenvalue weighted by molar-refractivity contribution is 0.589. The van der Waals surface area contributed by atoms with Crippen LogP contribution in [0.2, 0.25) is 0 Å². The molecule has 0 fully saturated rings. The maximum Gasteiger partial charge on any atom is 0.265 e. The predicted octanol–water partition coefficient (Wildman–Crippen LogP) is 3.71. The van der Waals surface area contributed by atoms with E-state index < -0.39 is 0 Å². The summed E-state index contributed by atoms with van der Waals surface area (Å²) in [6, 6.07) is 1.75. The number of halogens is 3. The molecule has 7 heteroatoms. The molecule has 0 unspecified atom stereocenters. The summed E-state index contributed by atoms with van der Waals surface area (Å²) in [7, 11) is 0. The summed E-state index contributed by atoms with van der Waals surface area (Å²) in [6.07, 6.45) is 1.78. The zero-order chi connectivity index (χ0) is 14.2. The van der Waals surface area contributed by atoms with Gasteiger partial charge in [-0.05, 0) is 67.7 Å². The van der Waals surface area contributed by atoms with Crippen LogP contribution >= 0.6 is 47.8 Å². The lowest BCUT2D eigenvalue weighted by Gasteiger charge is -2.09. The van der Waals surface area contributed by atoms with Gasteiger partial charge in [-0.15, -0.1) is 0 Å². The minimum atomic E-state index is -0.0587. The molecule has 0 saturated carbocycles. The summed E-state index contributed by atoms with van der Waals surface area (Å²) >= 11 is 10.2. The van der Waals surface area contributed by atoms with Crippen LogP contribution < -0.4 is 5.56 Å². The van der Waals surface area contributed by atoms with E-state index in [1.54, 1.807) is 16.8 Å². The number of nitrogens with zero attached hydrogens (tertiary/aromatic N) is 3. The van der Waals surface area contributed by atoms with Gasteiger partial charge >= 0.3 is 0 Å². The molecule has 0 saturated heterocycles. The van der Waals surface area contributed by atoms with Crippen molar-refractivity contribution in [3.8, 4) is 0 Å². The Hall–Kier alpha value is -0.400. The molecule has 2 aromatic rings. The maximum absolute atomic E-state index is 12.1. The second-order valence-corrected chi connectivity index (χ2v) is 6.66. The van der Waals surface area contributed by atoms with Crippen LogP contribution in [0.4, 0.5) is 0 Å². The Balaban J connectivity index is 2.50. The first-order valence-corrected chi connectivity index (χ1v) is 8.09. The lowest BCUT2D eigenvalue weighted by Crippen LogP contribution is -2.22. The highest BCUT2D eigenvalue weighted by molar-refractivity contribution is 9.11. The fourth-order valence-electron chi connectivity index (χ4n) is 1.86. The van der Waals surface area contributed by atoms with Crippen molar-refractivity contribution in [2.75, 3.05) is 0 Å². The largest absolute Gasteiger partial charge is 0.307 e. The van der Waals surface area contributed by atoms with E-state index in [0.717, 1.165) is 26.9 Å². The van der Waals surface area contributed by atoms with Gasteiger partial charge in [-0.25, -0.2) is 0 Å². The average Bonchev–Trinajstić information content (AvgIpc) is 2.63. The van der Waals surface area contributed by atoms with Gasteiger partial charge in [0, 0.05) is 17.2 Å². The van der Waals surface area contributed by atoms with Crippen LogP contribution in [-0.4, -0.2) is 14.3 Å². The van der Waals surface area contributed by atoms with Crippen LogP contribution in [0.5, 0.6) is 0 Å². The van der Waals surface area contributed by atoms with Gasteiger partial charge in [0.15, 0.2) is 0 Å². The molecule has 19 heavy (non-hydrogen) atoms. The maximum atomic E-state index is 12.1. The molecular formula is C12H12Br3N3O. The second kappa shape index (κ2) is 5.93. The smallest absolute Gasteiger partial charge is 0.265 e. The van der Waals surface area contributed by atoms with Crippen LogP contribution in [0, 0.1) is 6.92 Å². The van der Waals surface area contributed by atoms with Gasteiger partial charge in [-0.2, -0.15) is 5.10 Å². The molecule has 2 heterocycles. The normalized spacial score (nSPS) is 11.0. The quantitative estimate of drug-likeness (QED) is 0.710. The van der Waals surface area contributed by atoms with Gasteiger partial charge in [0.1, 0.15) is 0 Å². The Morgan fingerprint density at radius 1 is 1.32 bits per heavy atom. The van der Waals surface area contributed by atoms with E-state index in [2.05, 4.69) is 52.9 Å². The highest BCUT2D eigenvalue weighted by Crippen LogP contribution is 2.22. The topological polar surface area (TPSA) is 39.8 Å². The standard InChI is InChI=1S/C12H12Br3N3O/c1-3-18-10(11(15)7(2)16-18)6-17-5-8(13)4-9(14)12(17)19/h4-5H,3,6H2,1-2H3. The summed E-state index contributed by atoms with van der Waals surface area (Å²) in [4.78, 5) is 12.1. The molecule has 0 aliphatic heterocycles. The zero-order valence-corrected chi connectivity index (χ0v) is 15.2. The number of rotatable bonds is 3. The second-order valence-electron chi connectivity index (χ2n) is 4.10. The van der Waals surface area contributed by atoms with Crippen LogP contribution in [0.15, 0.2) is 30.5 Å². The fraction of sp³-hybridized carbons (Fsp3) is 0.333. The van der Waals surface area contributed by atoms with Crippen molar-refractivity contribution >= 4 is 47.8 Å². The molecule has 0 spiro atoms. The molecule has 4 nitrogen and oxygen atoms in total. The Bertz CT molecular complexity index is 676. The number of hydrogen-bond donors (Lipinski definition) is 0. The third-order valence-corrected chi connectivity index (χ3v) is 4.82. The van der Waals surface area contributed by atoms with Crippen molar-refractivity contribution < 1.29 is 0 Å². The number of aryl methyl sites for hydroxylation is 2. The van der Waals surface area contributed by atoms with Crippen molar-refractivity contribution in [1.29, 1.82) is 0 Å². The Kier molecular flexibility index (Phi) is 4.68. The van der Waals surface area contributed by atoms with Gasteiger partial charge in [0.05, 0.1) is 26.9 Å². The third-order valence-electron chi connectivity index (χ3n) is 2.78.